The number of aromatic nitrogens is 3. The zero-order valence-electron chi connectivity index (χ0n) is 9.77. The highest BCUT2D eigenvalue weighted by Crippen LogP contribution is 2.25. The van der Waals surface area contributed by atoms with Crippen LogP contribution in [0.2, 0.25) is 5.15 Å². The summed E-state index contributed by atoms with van der Waals surface area (Å²) in [5, 5.41) is 1.86. The van der Waals surface area contributed by atoms with Gasteiger partial charge in [0.15, 0.2) is 0 Å². The molecular weight excluding hydrogens is 314 g/mol. The predicted octanol–water partition coefficient (Wildman–Crippen LogP) is 3.84. The number of imidazole rings is 1. The molecule has 0 N–H and O–H groups in total. The molecule has 92 valence electrons. The molecule has 0 saturated heterocycles. The van der Waals surface area contributed by atoms with Crippen LogP contribution < -0.4 is 0 Å². The lowest BCUT2D eigenvalue weighted by Crippen LogP contribution is -2.05. The number of halogens is 2. The number of hydrogen-bond donors (Lipinski definition) is 0. The van der Waals surface area contributed by atoms with Gasteiger partial charge in [0, 0.05) is 28.6 Å². The van der Waals surface area contributed by atoms with Crippen molar-refractivity contribution in [2.45, 2.75) is 6.54 Å². The van der Waals surface area contributed by atoms with Gasteiger partial charge in [-0.1, -0.05) is 33.6 Å². The van der Waals surface area contributed by atoms with E-state index in [1.54, 1.807) is 6.20 Å². The molecule has 5 heteroatoms. The molecule has 0 saturated carbocycles. The average molecular weight is 325 g/mol. The molecule has 3 rings (SSSR count). The van der Waals surface area contributed by atoms with Crippen LogP contribution in [0.15, 0.2) is 41.1 Å². The van der Waals surface area contributed by atoms with Crippen LogP contribution in [0.25, 0.3) is 10.9 Å². The molecule has 0 unspecified atom stereocenters. The Kier molecular flexibility index (Phi) is 2.92. The molecular formula is C13H11BrClN3. The normalized spacial score (nSPS) is 11.3. The van der Waals surface area contributed by atoms with Crippen molar-refractivity contribution in [2.24, 2.45) is 7.05 Å². The van der Waals surface area contributed by atoms with Gasteiger partial charge in [-0.2, -0.15) is 0 Å². The van der Waals surface area contributed by atoms with E-state index >= 15 is 0 Å². The number of fused-ring (bicyclic) bond motifs is 1. The second-order valence-electron chi connectivity index (χ2n) is 4.17. The molecule has 2 aromatic heterocycles. The first-order valence-electron chi connectivity index (χ1n) is 5.56. The van der Waals surface area contributed by atoms with E-state index in [0.717, 1.165) is 10.3 Å². The Morgan fingerprint density at radius 2 is 2.17 bits per heavy atom. The molecule has 0 radical (unpaired) electrons. The number of nitrogens with zero attached hydrogens (tertiary/aromatic N) is 3. The smallest absolute Gasteiger partial charge is 0.129 e. The molecule has 0 fully saturated rings. The number of rotatable bonds is 2. The van der Waals surface area contributed by atoms with Crippen molar-refractivity contribution in [3.05, 3.63) is 52.1 Å². The molecule has 1 aromatic carbocycles. The Hall–Kier alpha value is -1.26. The maximum Gasteiger partial charge on any atom is 0.129 e. The quantitative estimate of drug-likeness (QED) is 0.702. The van der Waals surface area contributed by atoms with Crippen molar-refractivity contribution in [3.8, 4) is 0 Å². The minimum Gasteiger partial charge on any atom is -0.340 e. The molecule has 3 aromatic rings. The van der Waals surface area contributed by atoms with Gasteiger partial charge in [0.1, 0.15) is 11.0 Å². The van der Waals surface area contributed by atoms with Crippen molar-refractivity contribution in [3.63, 3.8) is 0 Å². The summed E-state index contributed by atoms with van der Waals surface area (Å²) in [6.07, 6.45) is 3.75. The van der Waals surface area contributed by atoms with E-state index in [1.807, 2.05) is 23.7 Å². The first kappa shape index (κ1) is 11.8. The first-order chi connectivity index (χ1) is 8.66. The molecule has 0 bridgehead atoms. The van der Waals surface area contributed by atoms with Crippen LogP contribution in [0.5, 0.6) is 0 Å². The van der Waals surface area contributed by atoms with Crippen LogP contribution >= 0.6 is 27.5 Å². The van der Waals surface area contributed by atoms with Crippen molar-refractivity contribution in [2.75, 3.05) is 0 Å². The van der Waals surface area contributed by atoms with Crippen molar-refractivity contribution < 1.29 is 0 Å². The Balaban J connectivity index is 2.06. The fourth-order valence-corrected chi connectivity index (χ4v) is 2.68. The predicted molar refractivity (Wildman–Crippen MR) is 77.0 cm³/mol. The third-order valence-electron chi connectivity index (χ3n) is 3.10. The van der Waals surface area contributed by atoms with Crippen LogP contribution in [0.1, 0.15) is 5.82 Å². The van der Waals surface area contributed by atoms with E-state index in [-0.39, 0.29) is 0 Å². The minimum absolute atomic E-state index is 0.655. The average Bonchev–Trinajstić information content (AvgIpc) is 2.90. The Labute approximate surface area is 118 Å². The molecule has 3 nitrogen and oxygen atoms in total. The van der Waals surface area contributed by atoms with Gasteiger partial charge in [-0.3, -0.25) is 0 Å². The molecule has 0 atom stereocenters. The number of hydrogen-bond acceptors (Lipinski definition) is 1. The molecule has 0 aliphatic carbocycles. The lowest BCUT2D eigenvalue weighted by atomic mass is 10.2. The zero-order valence-corrected chi connectivity index (χ0v) is 12.1. The first-order valence-corrected chi connectivity index (χ1v) is 6.73. The number of benzene rings is 1. The van der Waals surface area contributed by atoms with Crippen LogP contribution in [0.3, 0.4) is 0 Å². The van der Waals surface area contributed by atoms with Gasteiger partial charge in [0.25, 0.3) is 0 Å². The Morgan fingerprint density at radius 3 is 2.89 bits per heavy atom. The highest BCUT2D eigenvalue weighted by atomic mass is 79.9. The fraction of sp³-hybridized carbons (Fsp3) is 0.154. The summed E-state index contributed by atoms with van der Waals surface area (Å²) < 4.78 is 5.17. The third-order valence-corrected chi connectivity index (χ3v) is 4.14. The van der Waals surface area contributed by atoms with Gasteiger partial charge in [-0.25, -0.2) is 4.98 Å². The summed E-state index contributed by atoms with van der Waals surface area (Å²) in [6.45, 7) is 0.711. The molecule has 0 spiro atoms. The van der Waals surface area contributed by atoms with Gasteiger partial charge in [0.05, 0.1) is 12.7 Å². The lowest BCUT2D eigenvalue weighted by molar-refractivity contribution is 0.718. The van der Waals surface area contributed by atoms with E-state index in [2.05, 4.69) is 43.8 Å². The Morgan fingerprint density at radius 1 is 1.33 bits per heavy atom. The maximum absolute atomic E-state index is 6.00. The highest BCUT2D eigenvalue weighted by Gasteiger charge is 2.08. The maximum atomic E-state index is 6.00. The molecule has 2 heterocycles. The van der Waals surface area contributed by atoms with E-state index in [9.17, 15) is 0 Å². The standard InChI is InChI=1S/C13H11BrClN3/c1-17-12(15)7-16-13(17)8-18-6-5-9-10(14)3-2-4-11(9)18/h2-7H,8H2,1H3. The highest BCUT2D eigenvalue weighted by molar-refractivity contribution is 9.10. The zero-order chi connectivity index (χ0) is 12.7. The van der Waals surface area contributed by atoms with Gasteiger partial charge in [-0.05, 0) is 18.2 Å². The molecule has 0 aliphatic rings. The summed E-state index contributed by atoms with van der Waals surface area (Å²) in [7, 11) is 1.92. The van der Waals surface area contributed by atoms with Crippen LogP contribution in [0, 0.1) is 0 Å². The van der Waals surface area contributed by atoms with E-state index in [1.165, 1.54) is 10.9 Å². The summed E-state index contributed by atoms with van der Waals surface area (Å²) in [5.41, 5.74) is 1.18. The van der Waals surface area contributed by atoms with Gasteiger partial charge in [0.2, 0.25) is 0 Å². The molecule has 0 amide bonds. The second kappa shape index (κ2) is 4.44. The van der Waals surface area contributed by atoms with E-state index < -0.39 is 0 Å². The second-order valence-corrected chi connectivity index (χ2v) is 5.41. The lowest BCUT2D eigenvalue weighted by Gasteiger charge is -2.06. The largest absolute Gasteiger partial charge is 0.340 e. The van der Waals surface area contributed by atoms with Crippen molar-refractivity contribution >= 4 is 38.4 Å². The van der Waals surface area contributed by atoms with Crippen LogP contribution in [-0.2, 0) is 13.6 Å². The summed E-state index contributed by atoms with van der Waals surface area (Å²) in [4.78, 5) is 4.32. The molecule has 0 aliphatic heterocycles. The van der Waals surface area contributed by atoms with E-state index in [0.29, 0.717) is 11.7 Å². The topological polar surface area (TPSA) is 22.8 Å². The SMILES string of the molecule is Cn1c(Cl)cnc1Cn1ccc2c(Br)cccc21. The van der Waals surface area contributed by atoms with Gasteiger partial charge >= 0.3 is 0 Å². The van der Waals surface area contributed by atoms with E-state index in [4.69, 9.17) is 11.6 Å². The van der Waals surface area contributed by atoms with Gasteiger partial charge < -0.3 is 9.13 Å². The fourth-order valence-electron chi connectivity index (χ4n) is 2.05. The van der Waals surface area contributed by atoms with Crippen molar-refractivity contribution in [1.29, 1.82) is 0 Å². The summed E-state index contributed by atoms with van der Waals surface area (Å²) >= 11 is 9.56. The summed E-state index contributed by atoms with van der Waals surface area (Å²) in [6, 6.07) is 8.28. The third kappa shape index (κ3) is 1.85. The van der Waals surface area contributed by atoms with Gasteiger partial charge in [-0.15, -0.1) is 0 Å². The van der Waals surface area contributed by atoms with Crippen LogP contribution in [0.4, 0.5) is 0 Å². The minimum atomic E-state index is 0.655. The van der Waals surface area contributed by atoms with Crippen molar-refractivity contribution in [1.82, 2.24) is 14.1 Å². The van der Waals surface area contributed by atoms with Crippen LogP contribution in [-0.4, -0.2) is 14.1 Å². The summed E-state index contributed by atoms with van der Waals surface area (Å²) in [5.74, 6) is 0.942. The Bertz CT molecular complexity index is 714. The molecule has 18 heavy (non-hydrogen) atoms. The monoisotopic (exact) mass is 323 g/mol.